The van der Waals surface area contributed by atoms with Crippen molar-refractivity contribution in [3.05, 3.63) is 42.4 Å². The van der Waals surface area contributed by atoms with Gasteiger partial charge >= 0.3 is 0 Å². The van der Waals surface area contributed by atoms with E-state index in [1.165, 1.54) is 13.3 Å². The molecule has 0 radical (unpaired) electrons. The number of hydrogen-bond acceptors (Lipinski definition) is 17. The molecule has 2 rings (SSSR count). The van der Waals surface area contributed by atoms with Crippen molar-refractivity contribution in [3.63, 3.8) is 0 Å². The van der Waals surface area contributed by atoms with E-state index in [2.05, 4.69) is 68.5 Å². The maximum Gasteiger partial charge on any atom is 0.243 e. The lowest BCUT2D eigenvalue weighted by atomic mass is 9.95. The molecule has 0 aliphatic heterocycles. The molecule has 30 nitrogen and oxygen atoms in total. The number of nitrogens with zero attached hydrogens (tertiary/aromatic N) is 1. The minimum absolute atomic E-state index is 0.00268. The fraction of sp³-hybridized carbons (Fsp3) is 0.712. The van der Waals surface area contributed by atoms with Gasteiger partial charge in [0.15, 0.2) is 0 Å². The third kappa shape index (κ3) is 34.4. The SMILES string of the molecule is CC[C@H](C)[C@H](NC(=O)[C@H](CCCCN)NC(=O)[C@H](CCCCN)NC(=O)[C@H](Cc1[nH]cnc1-c1ccccc1)NC(=O)[C@H](CC(C)C)NC(=O)[C@H](CCCCN)NC(=O)[C@H](CC(C)C)NC(C)=O)C(=O)N[C@@H](CC(C)C)C(=O)N[C@@H](CCCCN)C(=O)N[C@H](C(=O)N[C@@H](CC(C)C)C(N)=O)C(C)C. The van der Waals surface area contributed by atoms with Crippen LogP contribution in [0.3, 0.4) is 0 Å². The van der Waals surface area contributed by atoms with Gasteiger partial charge in [-0.3, -0.25) is 57.5 Å². The summed E-state index contributed by atoms with van der Waals surface area (Å²) < 4.78 is 0. The van der Waals surface area contributed by atoms with Crippen molar-refractivity contribution in [2.45, 2.75) is 272 Å². The number of nitrogens with two attached hydrogens (primary N) is 5. The van der Waals surface area contributed by atoms with Crippen molar-refractivity contribution in [2.24, 2.45) is 64.2 Å². The van der Waals surface area contributed by atoms with E-state index in [4.69, 9.17) is 28.7 Å². The molecule has 0 saturated heterocycles. The molecule has 582 valence electrons. The molecule has 2 aromatic rings. The fourth-order valence-corrected chi connectivity index (χ4v) is 11.8. The molecule has 22 N–H and O–H groups in total. The van der Waals surface area contributed by atoms with Gasteiger partial charge in [-0.2, -0.15) is 0 Å². The number of primary amides is 1. The Hall–Kier alpha value is -8.09. The molecule has 12 amide bonds. The first-order valence-electron chi connectivity index (χ1n) is 37.2. The Morgan fingerprint density at radius 3 is 1.06 bits per heavy atom. The van der Waals surface area contributed by atoms with Gasteiger partial charge in [0.25, 0.3) is 0 Å². The molecule has 0 bridgehead atoms. The first kappa shape index (κ1) is 91.0. The van der Waals surface area contributed by atoms with E-state index >= 15 is 4.79 Å². The van der Waals surface area contributed by atoms with Gasteiger partial charge in [-0.05, 0) is 164 Å². The van der Waals surface area contributed by atoms with E-state index in [-0.39, 0.29) is 94.5 Å². The normalized spacial score (nSPS) is 15.0. The van der Waals surface area contributed by atoms with E-state index in [1.807, 2.05) is 92.6 Å². The van der Waals surface area contributed by atoms with E-state index in [1.54, 1.807) is 20.8 Å². The number of H-pyrrole nitrogens is 1. The average Bonchev–Trinajstić information content (AvgIpc) is 1.77. The summed E-state index contributed by atoms with van der Waals surface area (Å²) in [4.78, 5) is 178. The quantitative estimate of drug-likeness (QED) is 0.0420. The lowest BCUT2D eigenvalue weighted by Crippen LogP contribution is -2.62. The summed E-state index contributed by atoms with van der Waals surface area (Å²) in [7, 11) is 0. The number of carbonyl (C=O) groups is 12. The molecule has 1 heterocycles. The van der Waals surface area contributed by atoms with Crippen LogP contribution in [-0.2, 0) is 64.0 Å². The first-order chi connectivity index (χ1) is 48.7. The Morgan fingerprint density at radius 2 is 0.699 bits per heavy atom. The zero-order valence-electron chi connectivity index (χ0n) is 63.6. The van der Waals surface area contributed by atoms with Crippen molar-refractivity contribution in [1.29, 1.82) is 0 Å². The molecule has 30 heteroatoms. The van der Waals surface area contributed by atoms with E-state index in [0.717, 1.165) is 0 Å². The van der Waals surface area contributed by atoms with Crippen molar-refractivity contribution in [2.75, 3.05) is 26.2 Å². The number of benzene rings is 1. The van der Waals surface area contributed by atoms with Crippen molar-refractivity contribution >= 4 is 70.9 Å². The van der Waals surface area contributed by atoms with Crippen molar-refractivity contribution < 1.29 is 57.5 Å². The lowest BCUT2D eigenvalue weighted by Gasteiger charge is -2.30. The van der Waals surface area contributed by atoms with Gasteiger partial charge in [0.2, 0.25) is 70.9 Å². The zero-order valence-corrected chi connectivity index (χ0v) is 63.6. The highest BCUT2D eigenvalue weighted by Crippen LogP contribution is 2.23. The van der Waals surface area contributed by atoms with Crippen LogP contribution in [0.5, 0.6) is 0 Å². The molecule has 0 saturated carbocycles. The monoisotopic (exact) mass is 1450 g/mol. The van der Waals surface area contributed by atoms with Crippen LogP contribution in [0.2, 0.25) is 0 Å². The second-order valence-electron chi connectivity index (χ2n) is 29.2. The second kappa shape index (κ2) is 48.8. The minimum atomic E-state index is -1.45. The van der Waals surface area contributed by atoms with Gasteiger partial charge in [-0.15, -0.1) is 0 Å². The Labute approximate surface area is 610 Å². The molecule has 1 aromatic carbocycles. The highest BCUT2D eigenvalue weighted by molar-refractivity contribution is 5.99. The van der Waals surface area contributed by atoms with Gasteiger partial charge in [0.05, 0.1) is 12.0 Å². The summed E-state index contributed by atoms with van der Waals surface area (Å²) in [5, 5.41) is 30.8. The largest absolute Gasteiger partial charge is 0.368 e. The highest BCUT2D eigenvalue weighted by atomic mass is 16.2. The number of hydrogen-bond donors (Lipinski definition) is 17. The van der Waals surface area contributed by atoms with Crippen LogP contribution in [0, 0.1) is 35.5 Å². The number of amides is 12. The van der Waals surface area contributed by atoms with Crippen LogP contribution in [0.15, 0.2) is 36.7 Å². The standard InChI is InChI=1S/C73H128N18O12/c1-14-47(12)61(73(103)89-58(39-45(8)9)69(99)85-52(30-20-24-34-76)66(96)90-60(46(10)11)72(102)86-55(63(78)93)36-42(2)3)91-67(97)53(31-21-25-35-77)82-64(94)50(28-18-22-32-74)84-71(101)59(40-54-62(80-41-79-54)49-26-16-15-17-27-49)88-70(100)57(38-44(6)7)87-65(95)51(29-19-23-33-75)83-68(98)56(37-43(4)5)81-48(13)92/h15-17,26-27,41-47,50-53,55-61H,14,18-25,28-40,74-77H2,1-13H3,(H2,78,93)(H,79,80)(H,81,92)(H,82,94)(H,83,98)(H,84,101)(H,85,99)(H,86,102)(H,87,95)(H,88,100)(H,89,103)(H,90,96)(H,91,97)/t47-,50-,51-,52-,53-,55-,56-,57-,58-,59-,60-,61-/m0/s1. The summed E-state index contributed by atoms with van der Waals surface area (Å²) in [6.07, 6.45) is 6.11. The zero-order chi connectivity index (χ0) is 77.5. The van der Waals surface area contributed by atoms with Crippen molar-refractivity contribution in [3.8, 4) is 11.3 Å². The number of carbonyl (C=O) groups excluding carboxylic acids is 12. The lowest BCUT2D eigenvalue weighted by molar-refractivity contribution is -0.137. The third-order valence-corrected chi connectivity index (χ3v) is 17.6. The number of rotatable bonds is 52. The molecule has 0 aliphatic carbocycles. The maximum absolute atomic E-state index is 15.2. The van der Waals surface area contributed by atoms with Crippen molar-refractivity contribution in [1.82, 2.24) is 68.5 Å². The van der Waals surface area contributed by atoms with Gasteiger partial charge in [0.1, 0.15) is 66.5 Å². The highest BCUT2D eigenvalue weighted by Gasteiger charge is 2.39. The Morgan fingerprint density at radius 1 is 0.388 bits per heavy atom. The second-order valence-corrected chi connectivity index (χ2v) is 29.2. The number of aromatic nitrogens is 2. The molecule has 0 fully saturated rings. The number of unbranched alkanes of at least 4 members (excludes halogenated alkanes) is 4. The topological polar surface area (TPSA) is 496 Å². The predicted octanol–water partition coefficient (Wildman–Crippen LogP) is 1.86. The Balaban J connectivity index is 2.67. The molecule has 12 atom stereocenters. The minimum Gasteiger partial charge on any atom is -0.368 e. The fourth-order valence-electron chi connectivity index (χ4n) is 11.8. The molecule has 0 unspecified atom stereocenters. The van der Waals surface area contributed by atoms with Gasteiger partial charge in [0, 0.05) is 24.6 Å². The summed E-state index contributed by atoms with van der Waals surface area (Å²) >= 11 is 0. The van der Waals surface area contributed by atoms with Crippen LogP contribution in [0.1, 0.15) is 205 Å². The van der Waals surface area contributed by atoms with Crippen LogP contribution in [0.25, 0.3) is 11.3 Å². The van der Waals surface area contributed by atoms with Crippen LogP contribution < -0.4 is 87.2 Å². The molecular weight excluding hydrogens is 1320 g/mol. The predicted molar refractivity (Wildman–Crippen MR) is 398 cm³/mol. The van der Waals surface area contributed by atoms with Crippen LogP contribution in [0.4, 0.5) is 0 Å². The third-order valence-electron chi connectivity index (χ3n) is 17.6. The van der Waals surface area contributed by atoms with E-state index in [9.17, 15) is 52.7 Å². The molecule has 103 heavy (non-hydrogen) atoms. The number of aromatic amines is 1. The molecule has 0 spiro atoms. The average molecular weight is 1450 g/mol. The van der Waals surface area contributed by atoms with Gasteiger partial charge in [-0.1, -0.05) is 120 Å². The summed E-state index contributed by atoms with van der Waals surface area (Å²) in [5.41, 5.74) is 30.8. The van der Waals surface area contributed by atoms with Crippen LogP contribution in [-0.4, -0.2) is 173 Å². The van der Waals surface area contributed by atoms with Gasteiger partial charge < -0.3 is 92.1 Å². The van der Waals surface area contributed by atoms with Crippen LogP contribution >= 0.6 is 0 Å². The van der Waals surface area contributed by atoms with E-state index in [0.29, 0.717) is 87.8 Å². The number of imidazole rings is 1. The summed E-state index contributed by atoms with van der Waals surface area (Å²) in [5.74, 6) is -9.67. The first-order valence-corrected chi connectivity index (χ1v) is 37.2. The molecular formula is C73H128N18O12. The summed E-state index contributed by atoms with van der Waals surface area (Å²) in [6.45, 7) is 24.3. The Kier molecular flexibility index (Phi) is 43.1. The number of nitrogens with one attached hydrogen (secondary N) is 12. The maximum atomic E-state index is 15.2. The smallest absolute Gasteiger partial charge is 0.243 e. The summed E-state index contributed by atoms with van der Waals surface area (Å²) in [6, 6.07) is -4.20. The molecule has 0 aliphatic rings. The Bertz CT molecular complexity index is 2960. The van der Waals surface area contributed by atoms with Gasteiger partial charge in [-0.25, -0.2) is 4.98 Å². The van der Waals surface area contributed by atoms with E-state index < -0.39 is 149 Å². The molecule has 1 aromatic heterocycles.